The van der Waals surface area contributed by atoms with Crippen LogP contribution in [0.3, 0.4) is 0 Å². The average Bonchev–Trinajstić information content (AvgIpc) is 2.59. The third-order valence-electron chi connectivity index (χ3n) is 4.47. The second kappa shape index (κ2) is 8.37. The number of nitrogens with one attached hydrogen (secondary N) is 2. The number of amides is 2. The number of hydrogen-bond acceptors (Lipinski definition) is 2. The Labute approximate surface area is 159 Å². The summed E-state index contributed by atoms with van der Waals surface area (Å²) >= 11 is 5.87. The molecule has 0 atom stereocenters. The van der Waals surface area contributed by atoms with Gasteiger partial charge in [0.15, 0.2) is 0 Å². The molecule has 0 aliphatic heterocycles. The van der Waals surface area contributed by atoms with Crippen LogP contribution in [0.4, 0.5) is 5.69 Å². The molecule has 0 unspecified atom stereocenters. The molecular weight excluding hydrogens is 348 g/mol. The van der Waals surface area contributed by atoms with Gasteiger partial charge in [0.1, 0.15) is 5.41 Å². The lowest BCUT2D eigenvalue weighted by molar-refractivity contribution is -0.138. The van der Waals surface area contributed by atoms with Gasteiger partial charge in [-0.15, -0.1) is 0 Å². The van der Waals surface area contributed by atoms with E-state index in [0.29, 0.717) is 18.0 Å². The molecule has 5 heteroatoms. The molecule has 0 radical (unpaired) electrons. The molecule has 0 saturated carbocycles. The van der Waals surface area contributed by atoms with E-state index in [9.17, 15) is 9.59 Å². The second-order valence-electron chi connectivity index (χ2n) is 6.98. The van der Waals surface area contributed by atoms with Crippen LogP contribution in [0.1, 0.15) is 30.5 Å². The van der Waals surface area contributed by atoms with Crippen LogP contribution >= 0.6 is 11.6 Å². The fourth-order valence-electron chi connectivity index (χ4n) is 2.58. The van der Waals surface area contributed by atoms with Crippen LogP contribution in [0.15, 0.2) is 42.5 Å². The normalized spacial score (nSPS) is 11.1. The Hall–Kier alpha value is -2.33. The number of carbonyl (C=O) groups is 2. The maximum atomic E-state index is 12.7. The summed E-state index contributed by atoms with van der Waals surface area (Å²) in [5, 5.41) is 6.43. The third-order valence-corrected chi connectivity index (χ3v) is 4.72. The first-order chi connectivity index (χ1) is 12.2. The molecule has 0 aliphatic carbocycles. The van der Waals surface area contributed by atoms with Gasteiger partial charge in [0.05, 0.1) is 0 Å². The molecule has 0 saturated heterocycles. The fraction of sp³-hybridized carbons (Fsp3) is 0.333. The van der Waals surface area contributed by atoms with Gasteiger partial charge in [0.2, 0.25) is 11.8 Å². The van der Waals surface area contributed by atoms with Gasteiger partial charge in [-0.3, -0.25) is 9.59 Å². The van der Waals surface area contributed by atoms with Gasteiger partial charge in [-0.2, -0.15) is 0 Å². The van der Waals surface area contributed by atoms with Gasteiger partial charge >= 0.3 is 0 Å². The Morgan fingerprint density at radius 3 is 2.12 bits per heavy atom. The van der Waals surface area contributed by atoms with E-state index in [1.54, 1.807) is 13.8 Å². The highest BCUT2D eigenvalue weighted by molar-refractivity contribution is 6.30. The van der Waals surface area contributed by atoms with Crippen molar-refractivity contribution in [1.82, 2.24) is 5.32 Å². The molecule has 2 rings (SSSR count). The highest BCUT2D eigenvalue weighted by Crippen LogP contribution is 2.24. The Morgan fingerprint density at radius 1 is 0.962 bits per heavy atom. The van der Waals surface area contributed by atoms with Gasteiger partial charge in [-0.1, -0.05) is 41.9 Å². The summed E-state index contributed by atoms with van der Waals surface area (Å²) in [6.07, 6.45) is 0.678. The molecular formula is C21H25ClN2O2. The molecule has 26 heavy (non-hydrogen) atoms. The molecule has 0 spiro atoms. The number of benzene rings is 2. The summed E-state index contributed by atoms with van der Waals surface area (Å²) in [5.41, 5.74) is 2.61. The number of rotatable bonds is 6. The molecule has 0 heterocycles. The first-order valence-electron chi connectivity index (χ1n) is 8.62. The molecule has 2 N–H and O–H groups in total. The molecule has 2 amide bonds. The Bertz CT molecular complexity index is 778. The predicted octanol–water partition coefficient (Wildman–Crippen LogP) is 4.28. The first kappa shape index (κ1) is 20.0. The minimum absolute atomic E-state index is 0.296. The van der Waals surface area contributed by atoms with Gasteiger partial charge < -0.3 is 10.6 Å². The lowest BCUT2D eigenvalue weighted by Crippen LogP contribution is -2.45. The first-order valence-corrected chi connectivity index (χ1v) is 9.00. The van der Waals surface area contributed by atoms with Gasteiger partial charge in [0, 0.05) is 17.3 Å². The van der Waals surface area contributed by atoms with Crippen LogP contribution in [0.5, 0.6) is 0 Å². The second-order valence-corrected chi connectivity index (χ2v) is 7.41. The van der Waals surface area contributed by atoms with Gasteiger partial charge in [-0.25, -0.2) is 0 Å². The SMILES string of the molecule is Cc1cccc(C)c1NC(=O)C(C)(C)C(=O)NCCc1ccc(Cl)cc1. The maximum Gasteiger partial charge on any atom is 0.239 e. The molecule has 0 aromatic heterocycles. The summed E-state index contributed by atoms with van der Waals surface area (Å²) in [4.78, 5) is 25.2. The maximum absolute atomic E-state index is 12.7. The monoisotopic (exact) mass is 372 g/mol. The lowest BCUT2D eigenvalue weighted by Gasteiger charge is -2.24. The van der Waals surface area contributed by atoms with Crippen molar-refractivity contribution in [3.05, 3.63) is 64.2 Å². The summed E-state index contributed by atoms with van der Waals surface area (Å²) in [7, 11) is 0. The van der Waals surface area contributed by atoms with E-state index < -0.39 is 5.41 Å². The minimum Gasteiger partial charge on any atom is -0.355 e. The zero-order chi connectivity index (χ0) is 19.3. The van der Waals surface area contributed by atoms with E-state index in [4.69, 9.17) is 11.6 Å². The van der Waals surface area contributed by atoms with E-state index in [1.807, 2.05) is 56.3 Å². The lowest BCUT2D eigenvalue weighted by atomic mass is 9.90. The smallest absolute Gasteiger partial charge is 0.239 e. The van der Waals surface area contributed by atoms with E-state index in [-0.39, 0.29) is 11.8 Å². The molecule has 0 aliphatic rings. The van der Waals surface area contributed by atoms with Crippen LogP contribution in [0.25, 0.3) is 0 Å². The standard InChI is InChI=1S/C21H25ClN2O2/c1-14-6-5-7-15(2)18(14)24-20(26)21(3,4)19(25)23-13-12-16-8-10-17(22)11-9-16/h5-11H,12-13H2,1-4H3,(H,23,25)(H,24,26). The van der Waals surface area contributed by atoms with E-state index in [0.717, 1.165) is 22.4 Å². The topological polar surface area (TPSA) is 58.2 Å². The van der Waals surface area contributed by atoms with E-state index in [1.165, 1.54) is 0 Å². The summed E-state index contributed by atoms with van der Waals surface area (Å²) in [5.74, 6) is -0.617. The summed E-state index contributed by atoms with van der Waals surface area (Å²) in [6.45, 7) is 7.59. The molecule has 4 nitrogen and oxygen atoms in total. The van der Waals surface area contributed by atoms with Crippen molar-refractivity contribution in [2.45, 2.75) is 34.1 Å². The number of carbonyl (C=O) groups excluding carboxylic acids is 2. The number of hydrogen-bond donors (Lipinski definition) is 2. The van der Waals surface area contributed by atoms with Crippen molar-refractivity contribution in [3.63, 3.8) is 0 Å². The van der Waals surface area contributed by atoms with E-state index in [2.05, 4.69) is 10.6 Å². The summed E-state index contributed by atoms with van der Waals surface area (Å²) < 4.78 is 0. The molecule has 2 aromatic rings. The van der Waals surface area contributed by atoms with Gasteiger partial charge in [0.25, 0.3) is 0 Å². The average molecular weight is 373 g/mol. The van der Waals surface area contributed by atoms with Crippen LogP contribution < -0.4 is 10.6 Å². The van der Waals surface area contributed by atoms with Crippen molar-refractivity contribution < 1.29 is 9.59 Å². The number of para-hydroxylation sites is 1. The summed E-state index contributed by atoms with van der Waals surface area (Å²) in [6, 6.07) is 13.3. The van der Waals surface area contributed by atoms with Crippen LogP contribution in [-0.4, -0.2) is 18.4 Å². The number of halogens is 1. The largest absolute Gasteiger partial charge is 0.355 e. The quantitative estimate of drug-likeness (QED) is 0.743. The Morgan fingerprint density at radius 2 is 1.54 bits per heavy atom. The highest BCUT2D eigenvalue weighted by atomic mass is 35.5. The zero-order valence-electron chi connectivity index (χ0n) is 15.7. The van der Waals surface area contributed by atoms with Gasteiger partial charge in [-0.05, 0) is 62.9 Å². The molecule has 138 valence electrons. The van der Waals surface area contributed by atoms with Crippen molar-refractivity contribution >= 4 is 29.1 Å². The van der Waals surface area contributed by atoms with Crippen LogP contribution in [0, 0.1) is 19.3 Å². The fourth-order valence-corrected chi connectivity index (χ4v) is 2.70. The molecule has 0 bridgehead atoms. The van der Waals surface area contributed by atoms with Crippen LogP contribution in [0.2, 0.25) is 5.02 Å². The zero-order valence-corrected chi connectivity index (χ0v) is 16.4. The highest BCUT2D eigenvalue weighted by Gasteiger charge is 2.36. The predicted molar refractivity (Wildman–Crippen MR) is 106 cm³/mol. The Kier molecular flexibility index (Phi) is 6.43. The number of anilines is 1. The minimum atomic E-state index is -1.17. The molecule has 2 aromatic carbocycles. The van der Waals surface area contributed by atoms with Crippen molar-refractivity contribution in [1.29, 1.82) is 0 Å². The molecule has 0 fully saturated rings. The number of aryl methyl sites for hydroxylation is 2. The third kappa shape index (κ3) is 4.85. The van der Waals surface area contributed by atoms with Crippen molar-refractivity contribution in [2.24, 2.45) is 5.41 Å². The van der Waals surface area contributed by atoms with Crippen molar-refractivity contribution in [3.8, 4) is 0 Å². The van der Waals surface area contributed by atoms with E-state index >= 15 is 0 Å². The van der Waals surface area contributed by atoms with Crippen molar-refractivity contribution in [2.75, 3.05) is 11.9 Å². The van der Waals surface area contributed by atoms with Crippen LogP contribution in [-0.2, 0) is 16.0 Å². The Balaban J connectivity index is 1.95.